The first kappa shape index (κ1) is 12.7. The van der Waals surface area contributed by atoms with Gasteiger partial charge in [0.25, 0.3) is 0 Å². The first-order valence-electron chi connectivity index (χ1n) is 5.72. The lowest BCUT2D eigenvalue weighted by atomic mass is 10.0. The molecule has 18 heavy (non-hydrogen) atoms. The maximum atomic E-state index is 13.8. The fourth-order valence-corrected chi connectivity index (χ4v) is 2.06. The molecule has 2 rings (SSSR count). The van der Waals surface area contributed by atoms with Gasteiger partial charge in [-0.1, -0.05) is 13.8 Å². The van der Waals surface area contributed by atoms with Crippen LogP contribution in [0.1, 0.15) is 36.3 Å². The number of aromatic amines is 1. The number of aromatic nitrogens is 1. The normalized spacial score (nSPS) is 11.2. The van der Waals surface area contributed by atoms with Crippen LogP contribution < -0.4 is 0 Å². The van der Waals surface area contributed by atoms with Crippen LogP contribution in [0.2, 0.25) is 0 Å². The molecular formula is C13H12F3NO. The van der Waals surface area contributed by atoms with Crippen LogP contribution in [0, 0.1) is 17.5 Å². The van der Waals surface area contributed by atoms with Crippen molar-refractivity contribution >= 4 is 16.7 Å². The van der Waals surface area contributed by atoms with Gasteiger partial charge in [-0.3, -0.25) is 4.79 Å². The lowest BCUT2D eigenvalue weighted by molar-refractivity contribution is 0.0988. The van der Waals surface area contributed by atoms with E-state index in [0.29, 0.717) is 12.1 Å². The minimum atomic E-state index is -1.55. The van der Waals surface area contributed by atoms with E-state index in [9.17, 15) is 18.0 Å². The maximum Gasteiger partial charge on any atom is 0.195 e. The summed E-state index contributed by atoms with van der Waals surface area (Å²) >= 11 is 0. The van der Waals surface area contributed by atoms with Gasteiger partial charge in [-0.2, -0.15) is 0 Å². The highest BCUT2D eigenvalue weighted by atomic mass is 19.2. The number of fused-ring (bicyclic) bond motifs is 1. The molecule has 0 aliphatic rings. The van der Waals surface area contributed by atoms with E-state index in [-0.39, 0.29) is 28.7 Å². The molecule has 0 saturated heterocycles. The van der Waals surface area contributed by atoms with Crippen LogP contribution in [-0.2, 0) is 6.42 Å². The molecule has 5 heteroatoms. The number of H-pyrrole nitrogens is 1. The van der Waals surface area contributed by atoms with Gasteiger partial charge in [0, 0.05) is 29.1 Å². The number of hydrogen-bond donors (Lipinski definition) is 1. The topological polar surface area (TPSA) is 32.9 Å². The largest absolute Gasteiger partial charge is 0.358 e. The van der Waals surface area contributed by atoms with Crippen molar-refractivity contribution < 1.29 is 18.0 Å². The summed E-state index contributed by atoms with van der Waals surface area (Å²) in [5.74, 6) is -4.41. The van der Waals surface area contributed by atoms with E-state index >= 15 is 0 Å². The summed E-state index contributed by atoms with van der Waals surface area (Å²) in [7, 11) is 0. The molecule has 0 bridgehead atoms. The molecular weight excluding hydrogens is 243 g/mol. The highest BCUT2D eigenvalue weighted by Gasteiger charge is 2.23. The van der Waals surface area contributed by atoms with Crippen LogP contribution in [0.25, 0.3) is 10.9 Å². The van der Waals surface area contributed by atoms with Crippen molar-refractivity contribution in [2.75, 3.05) is 0 Å². The van der Waals surface area contributed by atoms with Crippen molar-refractivity contribution in [3.8, 4) is 0 Å². The average Bonchev–Trinajstić information content (AvgIpc) is 2.73. The fourth-order valence-electron chi connectivity index (χ4n) is 2.06. The summed E-state index contributed by atoms with van der Waals surface area (Å²) < 4.78 is 40.1. The number of carbonyl (C=O) groups is 1. The second-order valence-corrected chi connectivity index (χ2v) is 4.02. The van der Waals surface area contributed by atoms with Gasteiger partial charge < -0.3 is 4.98 Å². The number of Topliss-reactive ketones (excluding diaryl/α,β-unsaturated/α-hetero) is 1. The second-order valence-electron chi connectivity index (χ2n) is 4.02. The van der Waals surface area contributed by atoms with Crippen molar-refractivity contribution in [1.82, 2.24) is 4.98 Å². The van der Waals surface area contributed by atoms with Gasteiger partial charge in [0.15, 0.2) is 23.2 Å². The molecule has 1 aromatic heterocycles. The zero-order valence-corrected chi connectivity index (χ0v) is 10.0. The summed E-state index contributed by atoms with van der Waals surface area (Å²) in [6.07, 6.45) is 0.636. The number of nitrogens with one attached hydrogen (secondary N) is 1. The van der Waals surface area contributed by atoms with E-state index in [1.165, 1.54) is 0 Å². The second kappa shape index (κ2) is 4.48. The molecule has 0 fully saturated rings. The Morgan fingerprint density at radius 3 is 2.44 bits per heavy atom. The number of halogens is 3. The van der Waals surface area contributed by atoms with Crippen molar-refractivity contribution in [2.24, 2.45) is 0 Å². The lowest BCUT2D eigenvalue weighted by Gasteiger charge is -2.01. The van der Waals surface area contributed by atoms with Crippen LogP contribution in [0.3, 0.4) is 0 Å². The van der Waals surface area contributed by atoms with E-state index in [0.717, 1.165) is 6.07 Å². The summed E-state index contributed by atoms with van der Waals surface area (Å²) in [5, 5.41) is -0.155. The monoisotopic (exact) mass is 255 g/mol. The van der Waals surface area contributed by atoms with Crippen molar-refractivity contribution in [3.05, 3.63) is 34.8 Å². The molecule has 0 saturated carbocycles. The summed E-state index contributed by atoms with van der Waals surface area (Å²) in [6, 6.07) is 0.874. The smallest absolute Gasteiger partial charge is 0.195 e. The minimum absolute atomic E-state index is 0.111. The van der Waals surface area contributed by atoms with Crippen molar-refractivity contribution in [2.45, 2.75) is 26.7 Å². The predicted molar refractivity (Wildman–Crippen MR) is 62.2 cm³/mol. The van der Waals surface area contributed by atoms with Crippen LogP contribution in [0.5, 0.6) is 0 Å². The summed E-state index contributed by atoms with van der Waals surface area (Å²) in [4.78, 5) is 14.6. The van der Waals surface area contributed by atoms with E-state index in [1.54, 1.807) is 13.8 Å². The van der Waals surface area contributed by atoms with Gasteiger partial charge in [-0.15, -0.1) is 0 Å². The van der Waals surface area contributed by atoms with E-state index in [2.05, 4.69) is 4.98 Å². The van der Waals surface area contributed by atoms with E-state index in [4.69, 9.17) is 0 Å². The number of aryl methyl sites for hydroxylation is 1. The molecule has 0 amide bonds. The SMILES string of the molecule is CCC(=O)c1c(CC)[nH]c2cc(F)c(F)c(F)c12. The molecule has 0 aliphatic carbocycles. The predicted octanol–water partition coefficient (Wildman–Crippen LogP) is 3.74. The standard InChI is InChI=1S/C13H12F3NO/c1-3-7-10(9(18)4-2)11-8(17-7)5-6(14)12(15)13(11)16/h5,17H,3-4H2,1-2H3. The molecule has 1 heterocycles. The molecule has 0 radical (unpaired) electrons. The third-order valence-corrected chi connectivity index (χ3v) is 2.95. The number of carbonyl (C=O) groups excluding carboxylic acids is 1. The Morgan fingerprint density at radius 2 is 1.89 bits per heavy atom. The van der Waals surface area contributed by atoms with Gasteiger partial charge in [0.05, 0.1) is 5.52 Å². The molecule has 0 atom stereocenters. The number of hydrogen-bond acceptors (Lipinski definition) is 1. The molecule has 0 aliphatic heterocycles. The van der Waals surface area contributed by atoms with Gasteiger partial charge in [0.2, 0.25) is 0 Å². The molecule has 2 aromatic rings. The van der Waals surface area contributed by atoms with Gasteiger partial charge in [-0.25, -0.2) is 13.2 Å². The number of benzene rings is 1. The van der Waals surface area contributed by atoms with Gasteiger partial charge >= 0.3 is 0 Å². The number of ketones is 1. The molecule has 0 unspecified atom stereocenters. The maximum absolute atomic E-state index is 13.8. The van der Waals surface area contributed by atoms with Crippen LogP contribution in [0.4, 0.5) is 13.2 Å². The zero-order chi connectivity index (χ0) is 13.4. The quantitative estimate of drug-likeness (QED) is 0.657. The summed E-state index contributed by atoms with van der Waals surface area (Å²) in [5.41, 5.74) is 0.743. The summed E-state index contributed by atoms with van der Waals surface area (Å²) in [6.45, 7) is 3.42. The van der Waals surface area contributed by atoms with Crippen molar-refractivity contribution in [3.63, 3.8) is 0 Å². The Labute approximate surface area is 102 Å². The molecule has 1 aromatic carbocycles. The third-order valence-electron chi connectivity index (χ3n) is 2.95. The van der Waals surface area contributed by atoms with Gasteiger partial charge in [-0.05, 0) is 6.42 Å². The zero-order valence-electron chi connectivity index (χ0n) is 10.0. The third kappa shape index (κ3) is 1.70. The van der Waals surface area contributed by atoms with E-state index in [1.807, 2.05) is 0 Å². The fraction of sp³-hybridized carbons (Fsp3) is 0.308. The van der Waals surface area contributed by atoms with Crippen LogP contribution in [0.15, 0.2) is 6.07 Å². The number of rotatable bonds is 3. The molecule has 2 nitrogen and oxygen atoms in total. The van der Waals surface area contributed by atoms with Gasteiger partial charge in [0.1, 0.15) is 0 Å². The highest BCUT2D eigenvalue weighted by Crippen LogP contribution is 2.29. The Hall–Kier alpha value is -1.78. The average molecular weight is 255 g/mol. The minimum Gasteiger partial charge on any atom is -0.358 e. The Bertz CT molecular complexity index is 631. The first-order valence-corrected chi connectivity index (χ1v) is 5.72. The molecule has 1 N–H and O–H groups in total. The Balaban J connectivity index is 2.90. The molecule has 96 valence electrons. The Kier molecular flexibility index (Phi) is 3.15. The van der Waals surface area contributed by atoms with E-state index < -0.39 is 17.5 Å². The van der Waals surface area contributed by atoms with Crippen molar-refractivity contribution in [1.29, 1.82) is 0 Å². The molecule has 0 spiro atoms. The van der Waals surface area contributed by atoms with Crippen LogP contribution >= 0.6 is 0 Å². The lowest BCUT2D eigenvalue weighted by Crippen LogP contribution is -2.01. The van der Waals surface area contributed by atoms with Crippen LogP contribution in [-0.4, -0.2) is 10.8 Å². The first-order chi connectivity index (χ1) is 8.51. The highest BCUT2D eigenvalue weighted by molar-refractivity contribution is 6.09. The Morgan fingerprint density at radius 1 is 1.22 bits per heavy atom.